The minimum atomic E-state index is -4.42. The molecule has 1 saturated heterocycles. The Hall–Kier alpha value is -0.230. The van der Waals surface area contributed by atoms with Crippen LogP contribution < -0.4 is 10.6 Å². The zero-order valence-corrected chi connectivity index (χ0v) is 14.9. The van der Waals surface area contributed by atoms with Gasteiger partial charge in [-0.2, -0.15) is 13.1 Å². The second-order valence-corrected chi connectivity index (χ2v) is 7.17. The second-order valence-electron chi connectivity index (χ2n) is 5.26. The molecule has 2 aliphatic heterocycles. The van der Waals surface area contributed by atoms with Gasteiger partial charge in [0.1, 0.15) is 0 Å². The molecule has 2 aliphatic rings. The van der Waals surface area contributed by atoms with Gasteiger partial charge in [-0.15, -0.1) is 24.0 Å². The molecular weight excluding hydrogens is 417 g/mol. The van der Waals surface area contributed by atoms with Gasteiger partial charge in [-0.3, -0.25) is 4.99 Å². The van der Waals surface area contributed by atoms with E-state index in [0.29, 0.717) is 25.4 Å². The number of hydrogen-bond acceptors (Lipinski definition) is 5. The summed E-state index contributed by atoms with van der Waals surface area (Å²) in [6.07, 6.45) is 1.17. The molecule has 2 N–H and O–H groups in total. The predicted octanol–water partition coefficient (Wildman–Crippen LogP) is 0.806. The largest absolute Gasteiger partial charge is 0.356 e. The van der Waals surface area contributed by atoms with E-state index in [-0.39, 0.29) is 43.0 Å². The fraction of sp³-hybridized carbons (Fsp3) is 0.909. The van der Waals surface area contributed by atoms with Gasteiger partial charge in [0.15, 0.2) is 5.96 Å². The van der Waals surface area contributed by atoms with Crippen molar-refractivity contribution >= 4 is 40.0 Å². The van der Waals surface area contributed by atoms with Gasteiger partial charge in [-0.25, -0.2) is 8.42 Å². The lowest BCUT2D eigenvalue weighted by atomic mass is 9.98. The van der Waals surface area contributed by atoms with E-state index in [1.807, 2.05) is 6.92 Å². The Bertz CT molecular complexity index is 467. The summed E-state index contributed by atoms with van der Waals surface area (Å²) < 4.78 is 48.4. The first-order valence-electron chi connectivity index (χ1n) is 6.71. The lowest BCUT2D eigenvalue weighted by Crippen LogP contribution is -2.45. The first-order valence-corrected chi connectivity index (χ1v) is 8.22. The van der Waals surface area contributed by atoms with Crippen LogP contribution in [0.2, 0.25) is 0 Å². The van der Waals surface area contributed by atoms with Crippen LogP contribution in [0.1, 0.15) is 19.8 Å². The van der Waals surface area contributed by atoms with Crippen molar-refractivity contribution in [2.45, 2.75) is 31.6 Å². The fourth-order valence-electron chi connectivity index (χ4n) is 2.38. The highest BCUT2D eigenvalue weighted by molar-refractivity contribution is 14.0. The number of aliphatic imine (C=N–C) groups is 1. The average Bonchev–Trinajstić information content (AvgIpc) is 2.82. The number of nitrogens with zero attached hydrogens (tertiary/aromatic N) is 2. The smallest absolute Gasteiger partial charge is 0.350 e. The van der Waals surface area contributed by atoms with Gasteiger partial charge >= 0.3 is 5.76 Å². The molecule has 0 bridgehead atoms. The number of piperidine rings is 1. The van der Waals surface area contributed by atoms with Gasteiger partial charge in [0.25, 0.3) is 10.0 Å². The number of guanidine groups is 1. The van der Waals surface area contributed by atoms with Gasteiger partial charge in [0, 0.05) is 25.7 Å². The first kappa shape index (κ1) is 18.8. The highest BCUT2D eigenvalue weighted by Gasteiger charge is 2.34. The van der Waals surface area contributed by atoms with Crippen LogP contribution in [0.25, 0.3) is 0 Å². The standard InChI is InChI=1S/C11H20F2N4O2S.HI/c1-8-6-14-11(16-8)15-7-9-2-4-17(5-3-9)20(18,19)10(12)13;/h8-10H,2-7H2,1H3,(H2,14,15,16);1H. The summed E-state index contributed by atoms with van der Waals surface area (Å²) in [7, 11) is -4.42. The molecule has 0 amide bonds. The van der Waals surface area contributed by atoms with Crippen LogP contribution >= 0.6 is 24.0 Å². The summed E-state index contributed by atoms with van der Waals surface area (Å²) >= 11 is 0. The summed E-state index contributed by atoms with van der Waals surface area (Å²) in [5.74, 6) is -2.28. The molecule has 21 heavy (non-hydrogen) atoms. The van der Waals surface area contributed by atoms with Crippen LogP contribution in [-0.2, 0) is 10.0 Å². The molecule has 0 aromatic heterocycles. The molecule has 2 heterocycles. The first-order chi connectivity index (χ1) is 9.39. The fourth-order valence-corrected chi connectivity index (χ4v) is 3.33. The van der Waals surface area contributed by atoms with Crippen molar-refractivity contribution in [2.75, 3.05) is 26.2 Å². The van der Waals surface area contributed by atoms with Crippen molar-refractivity contribution in [3.63, 3.8) is 0 Å². The summed E-state index contributed by atoms with van der Waals surface area (Å²) in [4.78, 5) is 4.27. The van der Waals surface area contributed by atoms with E-state index >= 15 is 0 Å². The molecule has 0 aromatic carbocycles. The number of alkyl halides is 2. The van der Waals surface area contributed by atoms with E-state index < -0.39 is 15.8 Å². The van der Waals surface area contributed by atoms with E-state index in [2.05, 4.69) is 15.6 Å². The van der Waals surface area contributed by atoms with Gasteiger partial charge in [0.05, 0.1) is 6.54 Å². The summed E-state index contributed by atoms with van der Waals surface area (Å²) in [6, 6.07) is 0.329. The van der Waals surface area contributed by atoms with E-state index in [4.69, 9.17) is 0 Å². The number of nitrogens with one attached hydrogen (secondary N) is 2. The third kappa shape index (κ3) is 4.88. The maximum absolute atomic E-state index is 12.4. The number of hydrogen-bond donors (Lipinski definition) is 2. The molecule has 2 rings (SSSR count). The number of rotatable bonds is 4. The minimum Gasteiger partial charge on any atom is -0.356 e. The Morgan fingerprint density at radius 1 is 1.43 bits per heavy atom. The van der Waals surface area contributed by atoms with Gasteiger partial charge in [-0.1, -0.05) is 0 Å². The van der Waals surface area contributed by atoms with Gasteiger partial charge in [-0.05, 0) is 25.7 Å². The molecule has 0 spiro atoms. The lowest BCUT2D eigenvalue weighted by molar-refractivity contribution is 0.204. The molecule has 10 heteroatoms. The molecule has 1 unspecified atom stereocenters. The number of sulfonamides is 1. The molecule has 0 radical (unpaired) electrons. The summed E-state index contributed by atoms with van der Waals surface area (Å²) in [5, 5.41) is 6.36. The van der Waals surface area contributed by atoms with Crippen molar-refractivity contribution in [1.29, 1.82) is 0 Å². The molecular formula is C11H21F2IN4O2S. The topological polar surface area (TPSA) is 73.8 Å². The van der Waals surface area contributed by atoms with Crippen LogP contribution in [0.4, 0.5) is 8.78 Å². The Labute approximate surface area is 140 Å². The molecule has 1 fully saturated rings. The zero-order valence-electron chi connectivity index (χ0n) is 11.8. The SMILES string of the molecule is CC1CN=C(NCC2CCN(S(=O)(=O)C(F)F)CC2)N1.I. The van der Waals surface area contributed by atoms with Crippen LogP contribution in [-0.4, -0.2) is 56.7 Å². The van der Waals surface area contributed by atoms with Crippen LogP contribution in [0.3, 0.4) is 0 Å². The Morgan fingerprint density at radius 3 is 2.52 bits per heavy atom. The monoisotopic (exact) mass is 438 g/mol. The third-order valence-electron chi connectivity index (χ3n) is 3.62. The highest BCUT2D eigenvalue weighted by Crippen LogP contribution is 2.22. The van der Waals surface area contributed by atoms with Crippen molar-refractivity contribution in [3.8, 4) is 0 Å². The normalized spacial score (nSPS) is 24.4. The number of halogens is 3. The Morgan fingerprint density at radius 2 is 2.05 bits per heavy atom. The van der Waals surface area contributed by atoms with Crippen LogP contribution in [0.5, 0.6) is 0 Å². The van der Waals surface area contributed by atoms with Crippen LogP contribution in [0.15, 0.2) is 4.99 Å². The van der Waals surface area contributed by atoms with E-state index in [9.17, 15) is 17.2 Å². The second kappa shape index (κ2) is 7.86. The van der Waals surface area contributed by atoms with E-state index in [1.165, 1.54) is 0 Å². The van der Waals surface area contributed by atoms with Crippen molar-refractivity contribution in [1.82, 2.24) is 14.9 Å². The highest BCUT2D eigenvalue weighted by atomic mass is 127. The van der Waals surface area contributed by atoms with Gasteiger partial charge < -0.3 is 10.6 Å². The van der Waals surface area contributed by atoms with Crippen molar-refractivity contribution < 1.29 is 17.2 Å². The minimum absolute atomic E-state index is 0. The Kier molecular flexibility index (Phi) is 7.04. The van der Waals surface area contributed by atoms with Gasteiger partial charge in [0.2, 0.25) is 0 Å². The maximum atomic E-state index is 12.4. The van der Waals surface area contributed by atoms with Crippen molar-refractivity contribution in [3.05, 3.63) is 0 Å². The van der Waals surface area contributed by atoms with Crippen LogP contribution in [0, 0.1) is 5.92 Å². The molecule has 0 saturated carbocycles. The Balaban J connectivity index is 0.00000220. The van der Waals surface area contributed by atoms with E-state index in [0.717, 1.165) is 16.8 Å². The molecule has 1 atom stereocenters. The lowest BCUT2D eigenvalue weighted by Gasteiger charge is -2.31. The molecule has 124 valence electrons. The van der Waals surface area contributed by atoms with Crippen molar-refractivity contribution in [2.24, 2.45) is 10.9 Å². The zero-order chi connectivity index (χ0) is 14.8. The van der Waals surface area contributed by atoms with E-state index in [1.54, 1.807) is 0 Å². The summed E-state index contributed by atoms with van der Waals surface area (Å²) in [5.41, 5.74) is 0. The molecule has 0 aromatic rings. The predicted molar refractivity (Wildman–Crippen MR) is 87.5 cm³/mol. The molecule has 6 nitrogen and oxygen atoms in total. The summed E-state index contributed by atoms with van der Waals surface area (Å²) in [6.45, 7) is 3.78. The third-order valence-corrected chi connectivity index (χ3v) is 5.16. The average molecular weight is 438 g/mol. The maximum Gasteiger partial charge on any atom is 0.350 e. The molecule has 0 aliphatic carbocycles. The quantitative estimate of drug-likeness (QED) is 0.638.